The number of hydrogen-bond donors (Lipinski definition) is 1. The molecular formula is C9H15N3O. The highest BCUT2D eigenvalue weighted by Crippen LogP contribution is 2.32. The molecule has 4 heteroatoms. The summed E-state index contributed by atoms with van der Waals surface area (Å²) in [6, 6.07) is 0. The Bertz CT molecular complexity index is 266. The third-order valence-corrected chi connectivity index (χ3v) is 2.56. The van der Waals surface area contributed by atoms with E-state index in [1.807, 2.05) is 0 Å². The van der Waals surface area contributed by atoms with E-state index in [4.69, 9.17) is 10.3 Å². The SMILES string of the molecule is NCCc1noc(C2CCCC2)n1. The van der Waals surface area contributed by atoms with Crippen LogP contribution in [0.2, 0.25) is 0 Å². The molecule has 1 heterocycles. The smallest absolute Gasteiger partial charge is 0.229 e. The Balaban J connectivity index is 2.03. The van der Waals surface area contributed by atoms with E-state index in [-0.39, 0.29) is 0 Å². The van der Waals surface area contributed by atoms with Crippen LogP contribution in [0.4, 0.5) is 0 Å². The van der Waals surface area contributed by atoms with E-state index in [1.165, 1.54) is 25.7 Å². The van der Waals surface area contributed by atoms with Gasteiger partial charge in [-0.2, -0.15) is 4.98 Å². The molecule has 0 amide bonds. The van der Waals surface area contributed by atoms with Gasteiger partial charge in [-0.3, -0.25) is 0 Å². The molecule has 0 aromatic carbocycles. The minimum atomic E-state index is 0.513. The molecule has 1 saturated carbocycles. The first-order valence-corrected chi connectivity index (χ1v) is 4.92. The maximum Gasteiger partial charge on any atom is 0.229 e. The van der Waals surface area contributed by atoms with E-state index in [0.29, 0.717) is 12.5 Å². The van der Waals surface area contributed by atoms with Crippen LogP contribution >= 0.6 is 0 Å². The van der Waals surface area contributed by atoms with Crippen molar-refractivity contribution in [2.24, 2.45) is 5.73 Å². The highest BCUT2D eigenvalue weighted by atomic mass is 16.5. The average Bonchev–Trinajstić information content (AvgIpc) is 2.70. The summed E-state index contributed by atoms with van der Waals surface area (Å²) in [5.41, 5.74) is 5.40. The Kier molecular flexibility index (Phi) is 2.59. The quantitative estimate of drug-likeness (QED) is 0.761. The van der Waals surface area contributed by atoms with Crippen molar-refractivity contribution < 1.29 is 4.52 Å². The number of hydrogen-bond acceptors (Lipinski definition) is 4. The van der Waals surface area contributed by atoms with Gasteiger partial charge in [0.15, 0.2) is 5.82 Å². The molecule has 0 saturated heterocycles. The molecule has 0 spiro atoms. The van der Waals surface area contributed by atoms with Crippen LogP contribution in [0.3, 0.4) is 0 Å². The molecule has 2 N–H and O–H groups in total. The summed E-state index contributed by atoms with van der Waals surface area (Å²) in [7, 11) is 0. The van der Waals surface area contributed by atoms with Crippen molar-refractivity contribution in [1.29, 1.82) is 0 Å². The van der Waals surface area contributed by atoms with Gasteiger partial charge < -0.3 is 10.3 Å². The Morgan fingerprint density at radius 2 is 2.15 bits per heavy atom. The second kappa shape index (κ2) is 3.87. The van der Waals surface area contributed by atoms with Gasteiger partial charge in [-0.25, -0.2) is 0 Å². The third-order valence-electron chi connectivity index (χ3n) is 2.56. The summed E-state index contributed by atoms with van der Waals surface area (Å²) in [6.07, 6.45) is 5.70. The molecule has 1 aromatic rings. The fourth-order valence-electron chi connectivity index (χ4n) is 1.84. The van der Waals surface area contributed by atoms with Crippen LogP contribution in [0.15, 0.2) is 4.52 Å². The van der Waals surface area contributed by atoms with Gasteiger partial charge in [-0.1, -0.05) is 18.0 Å². The molecule has 0 atom stereocenters. The molecule has 0 aliphatic heterocycles. The van der Waals surface area contributed by atoms with Gasteiger partial charge in [-0.15, -0.1) is 0 Å². The first-order chi connectivity index (χ1) is 6.40. The van der Waals surface area contributed by atoms with E-state index in [0.717, 1.165) is 18.1 Å². The predicted octanol–water partition coefficient (Wildman–Crippen LogP) is 1.23. The summed E-state index contributed by atoms with van der Waals surface area (Å²) in [5, 5.41) is 3.88. The minimum Gasteiger partial charge on any atom is -0.339 e. The van der Waals surface area contributed by atoms with Gasteiger partial charge in [-0.05, 0) is 19.4 Å². The molecular weight excluding hydrogens is 166 g/mol. The largest absolute Gasteiger partial charge is 0.339 e. The zero-order valence-electron chi connectivity index (χ0n) is 7.70. The van der Waals surface area contributed by atoms with Crippen molar-refractivity contribution in [1.82, 2.24) is 10.1 Å². The molecule has 0 bridgehead atoms. The molecule has 0 radical (unpaired) electrons. The molecule has 1 fully saturated rings. The fraction of sp³-hybridized carbons (Fsp3) is 0.778. The zero-order chi connectivity index (χ0) is 9.10. The topological polar surface area (TPSA) is 64.9 Å². The summed E-state index contributed by atoms with van der Waals surface area (Å²) in [6.45, 7) is 0.587. The molecule has 1 aliphatic rings. The third kappa shape index (κ3) is 1.88. The Hall–Kier alpha value is -0.900. The normalized spacial score (nSPS) is 18.2. The second-order valence-electron chi connectivity index (χ2n) is 3.57. The number of nitrogens with zero attached hydrogens (tertiary/aromatic N) is 2. The maximum atomic E-state index is 5.40. The Morgan fingerprint density at radius 1 is 1.38 bits per heavy atom. The van der Waals surface area contributed by atoms with Crippen molar-refractivity contribution in [2.75, 3.05) is 6.54 Å². The monoisotopic (exact) mass is 181 g/mol. The van der Waals surface area contributed by atoms with E-state index < -0.39 is 0 Å². The van der Waals surface area contributed by atoms with Crippen LogP contribution in [0, 0.1) is 0 Å². The van der Waals surface area contributed by atoms with Crippen molar-refractivity contribution in [3.8, 4) is 0 Å². The lowest BCUT2D eigenvalue weighted by atomic mass is 10.1. The van der Waals surface area contributed by atoms with Crippen molar-refractivity contribution in [2.45, 2.75) is 38.0 Å². The van der Waals surface area contributed by atoms with Gasteiger partial charge in [0.1, 0.15) is 0 Å². The zero-order valence-corrected chi connectivity index (χ0v) is 7.70. The van der Waals surface area contributed by atoms with Crippen molar-refractivity contribution >= 4 is 0 Å². The highest BCUT2D eigenvalue weighted by molar-refractivity contribution is 4.96. The van der Waals surface area contributed by atoms with E-state index >= 15 is 0 Å². The average molecular weight is 181 g/mol. The lowest BCUT2D eigenvalue weighted by Gasteiger charge is -1.98. The number of rotatable bonds is 3. The summed E-state index contributed by atoms with van der Waals surface area (Å²) in [5.74, 6) is 2.09. The molecule has 13 heavy (non-hydrogen) atoms. The predicted molar refractivity (Wildman–Crippen MR) is 48.3 cm³/mol. The van der Waals surface area contributed by atoms with Gasteiger partial charge >= 0.3 is 0 Å². The molecule has 1 aliphatic carbocycles. The number of nitrogens with two attached hydrogens (primary N) is 1. The fourth-order valence-corrected chi connectivity index (χ4v) is 1.84. The highest BCUT2D eigenvalue weighted by Gasteiger charge is 2.22. The molecule has 4 nitrogen and oxygen atoms in total. The molecule has 0 unspecified atom stereocenters. The van der Waals surface area contributed by atoms with Crippen molar-refractivity contribution in [3.05, 3.63) is 11.7 Å². The van der Waals surface area contributed by atoms with Crippen LogP contribution in [0.25, 0.3) is 0 Å². The summed E-state index contributed by atoms with van der Waals surface area (Å²) >= 11 is 0. The first-order valence-electron chi connectivity index (χ1n) is 4.92. The Labute approximate surface area is 77.5 Å². The standard InChI is InChI=1S/C9H15N3O/c10-6-5-8-11-9(13-12-8)7-3-1-2-4-7/h7H,1-6,10H2. The summed E-state index contributed by atoms with van der Waals surface area (Å²) < 4.78 is 5.18. The van der Waals surface area contributed by atoms with E-state index in [9.17, 15) is 0 Å². The molecule has 2 rings (SSSR count). The minimum absolute atomic E-state index is 0.513. The van der Waals surface area contributed by atoms with Gasteiger partial charge in [0.2, 0.25) is 5.89 Å². The van der Waals surface area contributed by atoms with Crippen LogP contribution in [-0.4, -0.2) is 16.7 Å². The lowest BCUT2D eigenvalue weighted by Crippen LogP contribution is -2.04. The first kappa shape index (κ1) is 8.69. The number of aromatic nitrogens is 2. The molecule has 72 valence electrons. The van der Waals surface area contributed by atoms with E-state index in [2.05, 4.69) is 10.1 Å². The summed E-state index contributed by atoms with van der Waals surface area (Å²) in [4.78, 5) is 4.32. The van der Waals surface area contributed by atoms with Gasteiger partial charge in [0.25, 0.3) is 0 Å². The van der Waals surface area contributed by atoms with Crippen LogP contribution in [-0.2, 0) is 6.42 Å². The maximum absolute atomic E-state index is 5.40. The molecule has 1 aromatic heterocycles. The lowest BCUT2D eigenvalue weighted by molar-refractivity contribution is 0.350. The van der Waals surface area contributed by atoms with E-state index in [1.54, 1.807) is 0 Å². The van der Waals surface area contributed by atoms with Crippen LogP contribution < -0.4 is 5.73 Å². The van der Waals surface area contributed by atoms with Crippen LogP contribution in [0.5, 0.6) is 0 Å². The second-order valence-corrected chi connectivity index (χ2v) is 3.57. The van der Waals surface area contributed by atoms with Crippen molar-refractivity contribution in [3.63, 3.8) is 0 Å². The van der Waals surface area contributed by atoms with Crippen LogP contribution in [0.1, 0.15) is 43.3 Å². The van der Waals surface area contributed by atoms with Gasteiger partial charge in [0, 0.05) is 12.3 Å². The van der Waals surface area contributed by atoms with Gasteiger partial charge in [0.05, 0.1) is 0 Å². The Morgan fingerprint density at radius 3 is 2.85 bits per heavy atom.